The number of unbranched alkanes of at least 4 members (excludes halogenated alkanes) is 1. The molecular formula is C10H21N3O. The molecule has 0 saturated heterocycles. The molecule has 0 radical (unpaired) electrons. The summed E-state index contributed by atoms with van der Waals surface area (Å²) in [5.41, 5.74) is 0. The van der Waals surface area contributed by atoms with Gasteiger partial charge in [0.05, 0.1) is 12.9 Å². The quantitative estimate of drug-likeness (QED) is 0.740. The number of aliphatic hydroxyl groups excluding tert-OH is 1. The van der Waals surface area contributed by atoms with Gasteiger partial charge < -0.3 is 15.0 Å². The van der Waals surface area contributed by atoms with Crippen LogP contribution in [-0.2, 0) is 6.54 Å². The molecule has 4 heteroatoms. The van der Waals surface area contributed by atoms with Crippen LogP contribution in [0.15, 0.2) is 18.7 Å². The Morgan fingerprint density at radius 3 is 2.64 bits per heavy atom. The van der Waals surface area contributed by atoms with E-state index in [2.05, 4.69) is 21.8 Å². The Hall–Kier alpha value is -0.870. The fourth-order valence-electron chi connectivity index (χ4n) is 0.871. The number of hydrogen-bond donors (Lipinski definition) is 2. The Bertz CT molecular complexity index is 185. The molecule has 0 aliphatic carbocycles. The van der Waals surface area contributed by atoms with E-state index >= 15 is 0 Å². The zero-order valence-corrected chi connectivity index (χ0v) is 9.11. The number of imidazole rings is 1. The van der Waals surface area contributed by atoms with E-state index in [0.717, 1.165) is 6.54 Å². The molecule has 1 aromatic rings. The number of nitrogens with one attached hydrogen (secondary N) is 1. The predicted molar refractivity (Wildman–Crippen MR) is 58.1 cm³/mol. The summed E-state index contributed by atoms with van der Waals surface area (Å²) >= 11 is 0. The van der Waals surface area contributed by atoms with Crippen LogP contribution < -0.4 is 5.32 Å². The third-order valence-corrected chi connectivity index (χ3v) is 1.69. The van der Waals surface area contributed by atoms with Crippen molar-refractivity contribution in [3.63, 3.8) is 0 Å². The van der Waals surface area contributed by atoms with E-state index in [1.54, 1.807) is 7.05 Å². The Morgan fingerprint density at radius 2 is 2.29 bits per heavy atom. The van der Waals surface area contributed by atoms with Gasteiger partial charge >= 0.3 is 0 Å². The second-order valence-electron chi connectivity index (χ2n) is 2.98. The zero-order valence-electron chi connectivity index (χ0n) is 9.11. The molecule has 4 nitrogen and oxygen atoms in total. The van der Waals surface area contributed by atoms with E-state index in [-0.39, 0.29) is 6.61 Å². The van der Waals surface area contributed by atoms with E-state index in [1.807, 2.05) is 18.7 Å². The van der Waals surface area contributed by atoms with Crippen molar-refractivity contribution in [2.45, 2.75) is 26.3 Å². The number of aromatic nitrogens is 2. The maximum absolute atomic E-state index is 8.00. The number of rotatable bonds is 5. The molecule has 1 aromatic heterocycles. The lowest BCUT2D eigenvalue weighted by Gasteiger charge is -1.96. The lowest BCUT2D eigenvalue weighted by Crippen LogP contribution is -2.10. The van der Waals surface area contributed by atoms with Crippen LogP contribution in [0.1, 0.15) is 19.8 Å². The fraction of sp³-hybridized carbons (Fsp3) is 0.700. The summed E-state index contributed by atoms with van der Waals surface area (Å²) in [5, 5.41) is 10.8. The summed E-state index contributed by atoms with van der Waals surface area (Å²) < 4.78 is 2.10. The molecule has 0 aromatic carbocycles. The average molecular weight is 199 g/mol. The number of likely N-dealkylation sites (N-methyl/N-ethyl adjacent to an activating group) is 1. The van der Waals surface area contributed by atoms with Crippen LogP contribution >= 0.6 is 0 Å². The summed E-state index contributed by atoms with van der Waals surface area (Å²) in [5.74, 6) is 0. The highest BCUT2D eigenvalue weighted by Gasteiger charge is 1.85. The van der Waals surface area contributed by atoms with Crippen molar-refractivity contribution in [2.75, 3.05) is 20.2 Å². The van der Waals surface area contributed by atoms with Gasteiger partial charge in [-0.25, -0.2) is 4.98 Å². The summed E-state index contributed by atoms with van der Waals surface area (Å²) in [4.78, 5) is 3.94. The van der Waals surface area contributed by atoms with Crippen molar-refractivity contribution in [1.82, 2.24) is 14.9 Å². The minimum atomic E-state index is 0.233. The van der Waals surface area contributed by atoms with Gasteiger partial charge in [-0.1, -0.05) is 13.3 Å². The summed E-state index contributed by atoms with van der Waals surface area (Å²) in [6, 6.07) is 0. The SMILES string of the molecule is CCCCn1ccnc1.CNCCO. The van der Waals surface area contributed by atoms with Gasteiger partial charge in [0.25, 0.3) is 0 Å². The lowest BCUT2D eigenvalue weighted by atomic mass is 10.3. The van der Waals surface area contributed by atoms with Gasteiger partial charge in [0.15, 0.2) is 0 Å². The van der Waals surface area contributed by atoms with Crippen LogP contribution in [0.4, 0.5) is 0 Å². The minimum absolute atomic E-state index is 0.233. The van der Waals surface area contributed by atoms with Crippen LogP contribution in [0.2, 0.25) is 0 Å². The Labute approximate surface area is 86.0 Å². The van der Waals surface area contributed by atoms with Gasteiger partial charge in [-0.05, 0) is 13.5 Å². The molecule has 14 heavy (non-hydrogen) atoms. The number of nitrogens with zero attached hydrogens (tertiary/aromatic N) is 2. The first-order valence-electron chi connectivity index (χ1n) is 5.06. The molecule has 1 heterocycles. The smallest absolute Gasteiger partial charge is 0.0945 e. The molecule has 0 bridgehead atoms. The topological polar surface area (TPSA) is 50.1 Å². The first-order valence-corrected chi connectivity index (χ1v) is 5.06. The van der Waals surface area contributed by atoms with Crippen molar-refractivity contribution in [3.05, 3.63) is 18.7 Å². The molecule has 0 aliphatic rings. The van der Waals surface area contributed by atoms with Gasteiger partial charge in [-0.2, -0.15) is 0 Å². The highest BCUT2D eigenvalue weighted by molar-refractivity contribution is 4.73. The summed E-state index contributed by atoms with van der Waals surface area (Å²) in [6.45, 7) is 4.23. The van der Waals surface area contributed by atoms with Gasteiger partial charge in [-0.3, -0.25) is 0 Å². The summed E-state index contributed by atoms with van der Waals surface area (Å²) in [6.07, 6.45) is 8.16. The van der Waals surface area contributed by atoms with E-state index in [1.165, 1.54) is 12.8 Å². The van der Waals surface area contributed by atoms with Gasteiger partial charge in [0, 0.05) is 25.5 Å². The van der Waals surface area contributed by atoms with Crippen molar-refractivity contribution in [2.24, 2.45) is 0 Å². The second kappa shape index (κ2) is 10.2. The van der Waals surface area contributed by atoms with Crippen molar-refractivity contribution in [3.8, 4) is 0 Å². The number of hydrogen-bond acceptors (Lipinski definition) is 3. The van der Waals surface area contributed by atoms with Crippen LogP contribution in [0.3, 0.4) is 0 Å². The maximum Gasteiger partial charge on any atom is 0.0945 e. The number of aryl methyl sites for hydroxylation is 1. The molecule has 0 aliphatic heterocycles. The third kappa shape index (κ3) is 7.76. The largest absolute Gasteiger partial charge is 0.395 e. The first kappa shape index (κ1) is 13.1. The average Bonchev–Trinajstić information content (AvgIpc) is 2.69. The Morgan fingerprint density at radius 1 is 1.50 bits per heavy atom. The van der Waals surface area contributed by atoms with E-state index < -0.39 is 0 Å². The standard InChI is InChI=1S/C7H12N2.C3H9NO/c1-2-3-5-9-6-4-8-7-9;1-4-2-3-5/h4,6-7H,2-3,5H2,1H3;4-5H,2-3H2,1H3. The second-order valence-corrected chi connectivity index (χ2v) is 2.98. The maximum atomic E-state index is 8.00. The van der Waals surface area contributed by atoms with E-state index in [0.29, 0.717) is 6.54 Å². The first-order chi connectivity index (χ1) is 6.85. The number of aliphatic hydroxyl groups is 1. The van der Waals surface area contributed by atoms with Gasteiger partial charge in [0.1, 0.15) is 0 Å². The monoisotopic (exact) mass is 199 g/mol. The van der Waals surface area contributed by atoms with Gasteiger partial charge in [-0.15, -0.1) is 0 Å². The Kier molecular flexibility index (Phi) is 9.58. The van der Waals surface area contributed by atoms with Crippen molar-refractivity contribution >= 4 is 0 Å². The van der Waals surface area contributed by atoms with Crippen LogP contribution in [0.5, 0.6) is 0 Å². The third-order valence-electron chi connectivity index (χ3n) is 1.69. The fourth-order valence-corrected chi connectivity index (χ4v) is 0.871. The molecular weight excluding hydrogens is 178 g/mol. The van der Waals surface area contributed by atoms with E-state index in [4.69, 9.17) is 5.11 Å². The van der Waals surface area contributed by atoms with Crippen LogP contribution in [0, 0.1) is 0 Å². The molecule has 2 N–H and O–H groups in total. The molecule has 0 atom stereocenters. The highest BCUT2D eigenvalue weighted by atomic mass is 16.3. The van der Waals surface area contributed by atoms with Gasteiger partial charge in [0.2, 0.25) is 0 Å². The highest BCUT2D eigenvalue weighted by Crippen LogP contribution is 1.92. The minimum Gasteiger partial charge on any atom is -0.395 e. The molecule has 82 valence electrons. The zero-order chi connectivity index (χ0) is 10.6. The molecule has 0 saturated carbocycles. The molecule has 0 unspecified atom stereocenters. The summed E-state index contributed by atoms with van der Waals surface area (Å²) in [7, 11) is 1.80. The molecule has 1 rings (SSSR count). The van der Waals surface area contributed by atoms with E-state index in [9.17, 15) is 0 Å². The van der Waals surface area contributed by atoms with Crippen LogP contribution in [-0.4, -0.2) is 34.9 Å². The molecule has 0 amide bonds. The predicted octanol–water partition coefficient (Wildman–Crippen LogP) is 0.881. The van der Waals surface area contributed by atoms with Crippen molar-refractivity contribution in [1.29, 1.82) is 0 Å². The van der Waals surface area contributed by atoms with Crippen LogP contribution in [0.25, 0.3) is 0 Å². The normalized spacial score (nSPS) is 9.36. The molecule has 0 fully saturated rings. The van der Waals surface area contributed by atoms with Crippen molar-refractivity contribution < 1.29 is 5.11 Å². The lowest BCUT2D eigenvalue weighted by molar-refractivity contribution is 0.296. The Balaban J connectivity index is 0.000000292. The molecule has 0 spiro atoms.